The number of hydrogen-bond acceptors (Lipinski definition) is 3. The zero-order valence-corrected chi connectivity index (χ0v) is 17.5. The van der Waals surface area contributed by atoms with Crippen molar-refractivity contribution in [3.05, 3.63) is 29.8 Å². The van der Waals surface area contributed by atoms with Crippen molar-refractivity contribution in [3.63, 3.8) is 0 Å². The highest BCUT2D eigenvalue weighted by Gasteiger charge is 2.21. The SMILES string of the molecule is CCCCCCCCOB(OCCCCCCCC)c1ccc(C#N)cc1. The van der Waals surface area contributed by atoms with Gasteiger partial charge in [0.15, 0.2) is 0 Å². The summed E-state index contributed by atoms with van der Waals surface area (Å²) < 4.78 is 12.1. The largest absolute Gasteiger partial charge is 0.493 e. The Balaban J connectivity index is 2.36. The van der Waals surface area contributed by atoms with Gasteiger partial charge in [-0.2, -0.15) is 5.26 Å². The normalized spacial score (nSPS) is 10.7. The zero-order valence-electron chi connectivity index (χ0n) is 17.5. The molecular formula is C23H38BNO2. The fraction of sp³-hybridized carbons (Fsp3) is 0.696. The lowest BCUT2D eigenvalue weighted by Gasteiger charge is -2.15. The van der Waals surface area contributed by atoms with E-state index < -0.39 is 0 Å². The molecule has 1 aromatic carbocycles. The second kappa shape index (κ2) is 16.8. The van der Waals surface area contributed by atoms with Crippen LogP contribution in [-0.4, -0.2) is 20.3 Å². The molecule has 0 spiro atoms. The first-order valence-electron chi connectivity index (χ1n) is 11.0. The predicted molar refractivity (Wildman–Crippen MR) is 115 cm³/mol. The molecule has 0 fully saturated rings. The number of benzene rings is 1. The van der Waals surface area contributed by atoms with E-state index in [-0.39, 0.29) is 7.12 Å². The van der Waals surface area contributed by atoms with Crippen LogP contribution in [0.4, 0.5) is 0 Å². The van der Waals surface area contributed by atoms with Crippen molar-refractivity contribution in [1.29, 1.82) is 5.26 Å². The van der Waals surface area contributed by atoms with E-state index in [2.05, 4.69) is 19.9 Å². The summed E-state index contributed by atoms with van der Waals surface area (Å²) in [6.07, 6.45) is 15.0. The first kappa shape index (κ1) is 23.7. The van der Waals surface area contributed by atoms with E-state index in [0.29, 0.717) is 5.56 Å². The Kier molecular flexibility index (Phi) is 14.8. The molecule has 0 radical (unpaired) electrons. The molecule has 1 rings (SSSR count). The molecule has 0 aliphatic rings. The minimum absolute atomic E-state index is 0.316. The van der Waals surface area contributed by atoms with Gasteiger partial charge in [0.05, 0.1) is 11.6 Å². The lowest BCUT2D eigenvalue weighted by Crippen LogP contribution is -2.37. The van der Waals surface area contributed by atoms with Gasteiger partial charge in [0.1, 0.15) is 0 Å². The maximum Gasteiger partial charge on any atom is 0.493 e. The van der Waals surface area contributed by atoms with Crippen LogP contribution in [0.1, 0.15) is 96.5 Å². The van der Waals surface area contributed by atoms with Crippen LogP contribution in [0.15, 0.2) is 24.3 Å². The van der Waals surface area contributed by atoms with Crippen LogP contribution in [0.2, 0.25) is 0 Å². The Bertz CT molecular complexity index is 480. The van der Waals surface area contributed by atoms with Crippen LogP contribution < -0.4 is 5.46 Å². The molecule has 3 nitrogen and oxygen atoms in total. The topological polar surface area (TPSA) is 42.2 Å². The van der Waals surface area contributed by atoms with Crippen LogP contribution >= 0.6 is 0 Å². The molecule has 27 heavy (non-hydrogen) atoms. The van der Waals surface area contributed by atoms with Gasteiger partial charge in [0.2, 0.25) is 0 Å². The molecule has 0 heterocycles. The van der Waals surface area contributed by atoms with Crippen molar-refractivity contribution < 1.29 is 9.31 Å². The highest BCUT2D eigenvalue weighted by atomic mass is 16.6. The van der Waals surface area contributed by atoms with E-state index in [4.69, 9.17) is 14.6 Å². The number of unbranched alkanes of at least 4 members (excludes halogenated alkanes) is 10. The van der Waals surface area contributed by atoms with Gasteiger partial charge < -0.3 is 9.31 Å². The molecule has 150 valence electrons. The van der Waals surface area contributed by atoms with Crippen molar-refractivity contribution in [2.75, 3.05) is 13.2 Å². The maximum atomic E-state index is 8.98. The fourth-order valence-electron chi connectivity index (χ4n) is 3.10. The van der Waals surface area contributed by atoms with Gasteiger partial charge in [-0.05, 0) is 30.4 Å². The minimum atomic E-state index is -0.316. The van der Waals surface area contributed by atoms with Gasteiger partial charge in [-0.15, -0.1) is 0 Å². The maximum absolute atomic E-state index is 8.98. The van der Waals surface area contributed by atoms with Gasteiger partial charge in [0.25, 0.3) is 0 Å². The van der Waals surface area contributed by atoms with Crippen LogP contribution in [0.5, 0.6) is 0 Å². The second-order valence-electron chi connectivity index (χ2n) is 7.34. The third kappa shape index (κ3) is 11.9. The summed E-state index contributed by atoms with van der Waals surface area (Å²) in [5, 5.41) is 8.98. The van der Waals surface area contributed by atoms with Crippen molar-refractivity contribution in [2.24, 2.45) is 0 Å². The van der Waals surface area contributed by atoms with Crippen molar-refractivity contribution in [1.82, 2.24) is 0 Å². The van der Waals surface area contributed by atoms with E-state index in [1.54, 1.807) is 0 Å². The Morgan fingerprint density at radius 1 is 0.704 bits per heavy atom. The molecule has 1 aromatic rings. The van der Waals surface area contributed by atoms with E-state index in [0.717, 1.165) is 31.5 Å². The summed E-state index contributed by atoms with van der Waals surface area (Å²) in [6.45, 7) is 5.94. The summed E-state index contributed by atoms with van der Waals surface area (Å²) in [5.41, 5.74) is 1.68. The Morgan fingerprint density at radius 3 is 1.59 bits per heavy atom. The van der Waals surface area contributed by atoms with Gasteiger partial charge >= 0.3 is 7.12 Å². The smallest absolute Gasteiger partial charge is 0.407 e. The molecule has 0 bridgehead atoms. The van der Waals surface area contributed by atoms with Crippen molar-refractivity contribution in [2.45, 2.75) is 90.9 Å². The highest BCUT2D eigenvalue weighted by Crippen LogP contribution is 2.08. The molecule has 0 aromatic heterocycles. The van der Waals surface area contributed by atoms with Gasteiger partial charge in [0, 0.05) is 13.2 Å². The lowest BCUT2D eigenvalue weighted by molar-refractivity contribution is 0.199. The molecule has 0 aliphatic carbocycles. The number of nitriles is 1. The first-order chi connectivity index (χ1) is 13.3. The van der Waals surface area contributed by atoms with E-state index in [9.17, 15) is 0 Å². The molecule has 4 heteroatoms. The molecule has 0 aliphatic heterocycles. The fourth-order valence-corrected chi connectivity index (χ4v) is 3.10. The summed E-state index contributed by atoms with van der Waals surface area (Å²) in [5.74, 6) is 0. The number of rotatable bonds is 17. The van der Waals surface area contributed by atoms with Crippen LogP contribution in [0, 0.1) is 11.3 Å². The van der Waals surface area contributed by atoms with Crippen LogP contribution in [-0.2, 0) is 9.31 Å². The van der Waals surface area contributed by atoms with E-state index >= 15 is 0 Å². The van der Waals surface area contributed by atoms with E-state index in [1.807, 2.05) is 24.3 Å². The summed E-state index contributed by atoms with van der Waals surface area (Å²) in [7, 11) is -0.316. The quantitative estimate of drug-likeness (QED) is 0.249. The molecule has 0 N–H and O–H groups in total. The summed E-state index contributed by atoms with van der Waals surface area (Å²) in [4.78, 5) is 0. The van der Waals surface area contributed by atoms with E-state index in [1.165, 1.54) is 64.2 Å². The van der Waals surface area contributed by atoms with Crippen molar-refractivity contribution in [3.8, 4) is 6.07 Å². The average molecular weight is 371 g/mol. The molecule has 0 unspecified atom stereocenters. The molecule has 0 saturated carbocycles. The van der Waals surface area contributed by atoms with Gasteiger partial charge in [-0.25, -0.2) is 0 Å². The summed E-state index contributed by atoms with van der Waals surface area (Å²) >= 11 is 0. The van der Waals surface area contributed by atoms with Crippen LogP contribution in [0.3, 0.4) is 0 Å². The minimum Gasteiger partial charge on any atom is -0.407 e. The zero-order chi connectivity index (χ0) is 19.6. The van der Waals surface area contributed by atoms with Gasteiger partial charge in [-0.3, -0.25) is 0 Å². The first-order valence-corrected chi connectivity index (χ1v) is 11.0. The predicted octanol–water partition coefficient (Wildman–Crippen LogP) is 6.01. The molecular weight excluding hydrogens is 333 g/mol. The summed E-state index contributed by atoms with van der Waals surface area (Å²) in [6, 6.07) is 9.74. The number of hydrogen-bond donors (Lipinski definition) is 0. The molecule has 0 amide bonds. The standard InChI is InChI=1S/C23H38BNO2/c1-3-5-7-9-11-13-19-26-24(23-17-15-22(21-25)16-18-23)27-20-14-12-10-8-6-4-2/h15-18H,3-14,19-20H2,1-2H3. The van der Waals surface area contributed by atoms with Crippen LogP contribution in [0.25, 0.3) is 0 Å². The third-order valence-corrected chi connectivity index (χ3v) is 4.85. The lowest BCUT2D eigenvalue weighted by atomic mass is 9.78. The Hall–Kier alpha value is -1.31. The average Bonchev–Trinajstić information content (AvgIpc) is 2.71. The monoisotopic (exact) mass is 371 g/mol. The Morgan fingerprint density at radius 2 is 1.15 bits per heavy atom. The number of nitrogens with zero attached hydrogens (tertiary/aromatic N) is 1. The highest BCUT2D eigenvalue weighted by molar-refractivity contribution is 6.61. The molecule has 0 atom stereocenters. The third-order valence-electron chi connectivity index (χ3n) is 4.85. The van der Waals surface area contributed by atoms with Crippen molar-refractivity contribution >= 4 is 12.6 Å². The second-order valence-corrected chi connectivity index (χ2v) is 7.34. The Labute approximate surface area is 167 Å². The molecule has 0 saturated heterocycles. The van der Waals surface area contributed by atoms with Gasteiger partial charge in [-0.1, -0.05) is 90.2 Å².